The summed E-state index contributed by atoms with van der Waals surface area (Å²) in [7, 11) is 1.82. The summed E-state index contributed by atoms with van der Waals surface area (Å²) in [4.78, 5) is 50.2. The van der Waals surface area contributed by atoms with Crippen molar-refractivity contribution in [1.82, 2.24) is 28.8 Å². The van der Waals surface area contributed by atoms with E-state index < -0.39 is 0 Å². The van der Waals surface area contributed by atoms with Gasteiger partial charge in [-0.3, -0.25) is 18.8 Å². The molecule has 0 radical (unpaired) electrons. The lowest BCUT2D eigenvalue weighted by Gasteiger charge is -2.31. The van der Waals surface area contributed by atoms with E-state index in [0.717, 1.165) is 11.4 Å². The van der Waals surface area contributed by atoms with Gasteiger partial charge in [-0.2, -0.15) is 0 Å². The zero-order chi connectivity index (χ0) is 21.3. The molecule has 9 heteroatoms. The van der Waals surface area contributed by atoms with Gasteiger partial charge in [0.15, 0.2) is 5.82 Å². The van der Waals surface area contributed by atoms with Gasteiger partial charge < -0.3 is 14.5 Å². The second-order valence-corrected chi connectivity index (χ2v) is 7.94. The third-order valence-corrected chi connectivity index (χ3v) is 5.84. The Balaban J connectivity index is 1.27. The zero-order valence-corrected chi connectivity index (χ0v) is 17.3. The number of aromatic nitrogens is 5. The van der Waals surface area contributed by atoms with Gasteiger partial charge in [-0.1, -0.05) is 0 Å². The molecule has 0 aliphatic carbocycles. The van der Waals surface area contributed by atoms with Crippen molar-refractivity contribution in [3.05, 3.63) is 52.4 Å². The largest absolute Gasteiger partial charge is 0.343 e. The van der Waals surface area contributed by atoms with Gasteiger partial charge in [0.1, 0.15) is 0 Å². The van der Waals surface area contributed by atoms with Crippen LogP contribution in [0.5, 0.6) is 0 Å². The molecular formula is C21H26N6O3. The quantitative estimate of drug-likeness (QED) is 0.620. The van der Waals surface area contributed by atoms with Crippen molar-refractivity contribution in [1.29, 1.82) is 0 Å². The van der Waals surface area contributed by atoms with E-state index >= 15 is 0 Å². The van der Waals surface area contributed by atoms with Crippen molar-refractivity contribution in [3.8, 4) is 0 Å². The smallest absolute Gasteiger partial charge is 0.291 e. The Morgan fingerprint density at radius 1 is 1.23 bits per heavy atom. The molecule has 158 valence electrons. The number of nitrogens with zero attached hydrogens (tertiary/aromatic N) is 5. The van der Waals surface area contributed by atoms with Gasteiger partial charge in [0, 0.05) is 68.7 Å². The average molecular weight is 410 g/mol. The number of carbonyl (C=O) groups excluding carboxylic acids is 2. The van der Waals surface area contributed by atoms with E-state index in [1.165, 1.54) is 0 Å². The standard InChI is InChI=1S/C21H26N6O3/c1-14-12-23-20-21(30)24-16(13-27(14)20)4-3-5-17(28)26-9-6-15(7-10-26)18(29)19-22-8-11-25(19)2/h8,11-13,15H,3-7,9-10H2,1-2H3,(H,24,30). The summed E-state index contributed by atoms with van der Waals surface area (Å²) >= 11 is 0. The van der Waals surface area contributed by atoms with Gasteiger partial charge in [0.2, 0.25) is 17.3 Å². The molecule has 9 nitrogen and oxygen atoms in total. The van der Waals surface area contributed by atoms with Crippen molar-refractivity contribution >= 4 is 17.3 Å². The molecule has 3 aromatic rings. The Hall–Kier alpha value is -3.23. The van der Waals surface area contributed by atoms with Gasteiger partial charge in [-0.25, -0.2) is 9.97 Å². The van der Waals surface area contributed by atoms with Crippen LogP contribution >= 0.6 is 0 Å². The zero-order valence-electron chi connectivity index (χ0n) is 17.3. The number of imidazole rings is 2. The Morgan fingerprint density at radius 2 is 2.00 bits per heavy atom. The van der Waals surface area contributed by atoms with Crippen LogP contribution in [0.25, 0.3) is 5.65 Å². The first-order valence-electron chi connectivity index (χ1n) is 10.3. The maximum Gasteiger partial charge on any atom is 0.291 e. The van der Waals surface area contributed by atoms with Crippen LogP contribution in [0.4, 0.5) is 0 Å². The number of likely N-dealkylation sites (tertiary alicyclic amines) is 1. The van der Waals surface area contributed by atoms with Gasteiger partial charge in [-0.05, 0) is 32.6 Å². The lowest BCUT2D eigenvalue weighted by atomic mass is 9.92. The van der Waals surface area contributed by atoms with Crippen molar-refractivity contribution in [2.45, 2.75) is 39.0 Å². The maximum atomic E-state index is 12.6. The first kappa shape index (κ1) is 20.1. The molecule has 0 saturated carbocycles. The van der Waals surface area contributed by atoms with E-state index in [4.69, 9.17) is 0 Å². The van der Waals surface area contributed by atoms with Crippen LogP contribution in [0.2, 0.25) is 0 Å². The summed E-state index contributed by atoms with van der Waals surface area (Å²) in [5.41, 5.74) is 1.86. The second kappa shape index (κ2) is 8.25. The molecule has 0 bridgehead atoms. The molecule has 4 heterocycles. The molecule has 0 spiro atoms. The van der Waals surface area contributed by atoms with Crippen LogP contribution < -0.4 is 5.56 Å². The lowest BCUT2D eigenvalue weighted by molar-refractivity contribution is -0.132. The van der Waals surface area contributed by atoms with Crippen LogP contribution in [-0.2, 0) is 18.3 Å². The van der Waals surface area contributed by atoms with Crippen LogP contribution in [0.1, 0.15) is 47.7 Å². The number of nitrogens with one attached hydrogen (secondary N) is 1. The summed E-state index contributed by atoms with van der Waals surface area (Å²) < 4.78 is 3.52. The maximum absolute atomic E-state index is 12.6. The Bertz CT molecular complexity index is 1130. The molecule has 0 atom stereocenters. The average Bonchev–Trinajstić information content (AvgIpc) is 3.33. The van der Waals surface area contributed by atoms with Crippen LogP contribution in [0, 0.1) is 12.8 Å². The normalized spacial score (nSPS) is 15.1. The third-order valence-electron chi connectivity index (χ3n) is 5.84. The number of aryl methyl sites for hydroxylation is 3. The van der Waals surface area contributed by atoms with Gasteiger partial charge >= 0.3 is 0 Å². The molecule has 1 amide bonds. The third kappa shape index (κ3) is 3.92. The number of Topliss-reactive ketones (excluding diaryl/α,β-unsaturated/α-hetero) is 1. The first-order valence-corrected chi connectivity index (χ1v) is 10.3. The van der Waals surface area contributed by atoms with Gasteiger partial charge in [0.25, 0.3) is 5.56 Å². The SMILES string of the molecule is Cc1cnc2c(=O)[nH]c(CCCC(=O)N3CCC(C(=O)c4nccn4C)CC3)cn12. The summed E-state index contributed by atoms with van der Waals surface area (Å²) in [6.07, 6.45) is 9.96. The van der Waals surface area contributed by atoms with E-state index in [-0.39, 0.29) is 23.2 Å². The number of ketones is 1. The molecule has 0 aromatic carbocycles. The Labute approximate surface area is 173 Å². The van der Waals surface area contributed by atoms with E-state index in [1.54, 1.807) is 27.6 Å². The van der Waals surface area contributed by atoms with Crippen LogP contribution in [-0.4, -0.2) is 53.6 Å². The summed E-state index contributed by atoms with van der Waals surface area (Å²) in [6.45, 7) is 3.09. The van der Waals surface area contributed by atoms with Crippen molar-refractivity contribution in [2.75, 3.05) is 13.1 Å². The Kier molecular flexibility index (Phi) is 5.52. The highest BCUT2D eigenvalue weighted by Gasteiger charge is 2.29. The molecule has 3 aromatic heterocycles. The number of carbonyl (C=O) groups is 2. The fourth-order valence-corrected chi connectivity index (χ4v) is 4.06. The van der Waals surface area contributed by atoms with E-state index in [9.17, 15) is 14.4 Å². The molecule has 0 unspecified atom stereocenters. The highest BCUT2D eigenvalue weighted by molar-refractivity contribution is 5.95. The highest BCUT2D eigenvalue weighted by atomic mass is 16.2. The number of amides is 1. The van der Waals surface area contributed by atoms with Gasteiger partial charge in [0.05, 0.1) is 0 Å². The summed E-state index contributed by atoms with van der Waals surface area (Å²) in [5.74, 6) is 0.563. The van der Waals surface area contributed by atoms with E-state index in [0.29, 0.717) is 56.7 Å². The molecule has 1 saturated heterocycles. The second-order valence-electron chi connectivity index (χ2n) is 7.94. The molecule has 1 aliphatic heterocycles. The number of piperidine rings is 1. The van der Waals surface area contributed by atoms with E-state index in [2.05, 4.69) is 15.0 Å². The van der Waals surface area contributed by atoms with Crippen molar-refractivity contribution < 1.29 is 9.59 Å². The fourth-order valence-electron chi connectivity index (χ4n) is 4.06. The number of rotatable bonds is 6. The highest BCUT2D eigenvalue weighted by Crippen LogP contribution is 2.22. The molecule has 4 rings (SSSR count). The predicted molar refractivity (Wildman–Crippen MR) is 110 cm³/mol. The molecule has 1 N–H and O–H groups in total. The summed E-state index contributed by atoms with van der Waals surface area (Å²) in [6, 6.07) is 0. The lowest BCUT2D eigenvalue weighted by Crippen LogP contribution is -2.40. The minimum atomic E-state index is -0.216. The molecular weight excluding hydrogens is 384 g/mol. The van der Waals surface area contributed by atoms with Gasteiger partial charge in [-0.15, -0.1) is 0 Å². The minimum absolute atomic E-state index is 0.0590. The number of hydrogen-bond donors (Lipinski definition) is 1. The Morgan fingerprint density at radius 3 is 2.70 bits per heavy atom. The van der Waals surface area contributed by atoms with E-state index in [1.807, 2.05) is 25.1 Å². The number of hydrogen-bond acceptors (Lipinski definition) is 5. The monoisotopic (exact) mass is 410 g/mol. The van der Waals surface area contributed by atoms with Crippen molar-refractivity contribution in [3.63, 3.8) is 0 Å². The van der Waals surface area contributed by atoms with Crippen LogP contribution in [0.3, 0.4) is 0 Å². The number of H-pyrrole nitrogens is 1. The topological polar surface area (TPSA) is 105 Å². The van der Waals surface area contributed by atoms with Crippen LogP contribution in [0.15, 0.2) is 29.6 Å². The molecule has 1 fully saturated rings. The predicted octanol–water partition coefficient (Wildman–Crippen LogP) is 1.51. The summed E-state index contributed by atoms with van der Waals surface area (Å²) in [5, 5.41) is 0. The van der Waals surface area contributed by atoms with Crippen molar-refractivity contribution in [2.24, 2.45) is 13.0 Å². The number of aromatic amines is 1. The first-order chi connectivity index (χ1) is 14.4. The molecule has 30 heavy (non-hydrogen) atoms. The minimum Gasteiger partial charge on any atom is -0.343 e. The molecule has 1 aliphatic rings. The number of fused-ring (bicyclic) bond motifs is 1. The fraction of sp³-hybridized carbons (Fsp3) is 0.476.